The number of benzene rings is 2. The summed E-state index contributed by atoms with van der Waals surface area (Å²) in [6, 6.07) is 15.6. The highest BCUT2D eigenvalue weighted by Gasteiger charge is 2.39. The van der Waals surface area contributed by atoms with Crippen molar-refractivity contribution in [2.45, 2.75) is 38.6 Å². The van der Waals surface area contributed by atoms with Gasteiger partial charge in [-0.05, 0) is 28.7 Å². The molecule has 174 valence electrons. The quantitative estimate of drug-likeness (QED) is 0.637. The lowest BCUT2D eigenvalue weighted by molar-refractivity contribution is -0.151. The Balaban J connectivity index is 1.36. The molecule has 2 aliphatic rings. The van der Waals surface area contributed by atoms with Crippen LogP contribution in [-0.2, 0) is 14.3 Å². The standard InChI is InChI=1S/C26H30N2O5/c1-3-8-23(24(29)28-13-17(14-28)16(2)25(30)31)27-26(32)33-15-22-20-11-6-4-9-18(20)19-10-5-7-12-21(19)22/h4-7,9-12,16-17,22-23H,3,8,13-15H2,1-2H3,(H,27,32)(H,30,31). The fourth-order valence-electron chi connectivity index (χ4n) is 4.76. The average molecular weight is 451 g/mol. The number of carboxylic acid groups (broad SMARTS) is 1. The minimum absolute atomic E-state index is 0.0443. The van der Waals surface area contributed by atoms with Crippen LogP contribution in [0.1, 0.15) is 43.7 Å². The van der Waals surface area contributed by atoms with Gasteiger partial charge in [-0.25, -0.2) is 4.79 Å². The van der Waals surface area contributed by atoms with Gasteiger partial charge in [0.25, 0.3) is 0 Å². The molecule has 0 bridgehead atoms. The van der Waals surface area contributed by atoms with Gasteiger partial charge in [0, 0.05) is 24.9 Å². The van der Waals surface area contributed by atoms with Gasteiger partial charge in [0.2, 0.25) is 5.91 Å². The molecule has 1 fully saturated rings. The highest BCUT2D eigenvalue weighted by Crippen LogP contribution is 2.44. The van der Waals surface area contributed by atoms with E-state index in [0.29, 0.717) is 19.5 Å². The Morgan fingerprint density at radius 1 is 1.06 bits per heavy atom. The van der Waals surface area contributed by atoms with Crippen LogP contribution < -0.4 is 5.32 Å². The highest BCUT2D eigenvalue weighted by molar-refractivity contribution is 5.86. The van der Waals surface area contributed by atoms with Crippen molar-refractivity contribution in [2.24, 2.45) is 11.8 Å². The van der Waals surface area contributed by atoms with E-state index >= 15 is 0 Å². The zero-order valence-corrected chi connectivity index (χ0v) is 19.0. The van der Waals surface area contributed by atoms with E-state index in [4.69, 9.17) is 9.84 Å². The van der Waals surface area contributed by atoms with Crippen LogP contribution >= 0.6 is 0 Å². The molecule has 0 spiro atoms. The summed E-state index contributed by atoms with van der Waals surface area (Å²) in [6.45, 7) is 4.60. The van der Waals surface area contributed by atoms with Gasteiger partial charge in [-0.3, -0.25) is 9.59 Å². The Bertz CT molecular complexity index is 1000. The summed E-state index contributed by atoms with van der Waals surface area (Å²) < 4.78 is 5.59. The normalized spacial score (nSPS) is 16.8. The zero-order valence-electron chi connectivity index (χ0n) is 19.0. The third-order valence-corrected chi connectivity index (χ3v) is 6.83. The number of nitrogens with zero attached hydrogens (tertiary/aromatic N) is 1. The van der Waals surface area contributed by atoms with E-state index in [1.165, 1.54) is 0 Å². The lowest BCUT2D eigenvalue weighted by Crippen LogP contribution is -2.59. The molecule has 1 heterocycles. The second-order valence-corrected chi connectivity index (χ2v) is 8.94. The first-order valence-corrected chi connectivity index (χ1v) is 11.5. The van der Waals surface area contributed by atoms with Gasteiger partial charge in [-0.1, -0.05) is 68.8 Å². The molecule has 2 atom stereocenters. The van der Waals surface area contributed by atoms with Crippen LogP contribution in [0, 0.1) is 11.8 Å². The molecule has 33 heavy (non-hydrogen) atoms. The van der Waals surface area contributed by atoms with E-state index in [1.54, 1.807) is 11.8 Å². The SMILES string of the molecule is CCCC(NC(=O)OCC1c2ccccc2-c2ccccc21)C(=O)N1CC(C(C)C(=O)O)C1. The molecule has 2 amide bonds. The van der Waals surface area contributed by atoms with Crippen molar-refractivity contribution >= 4 is 18.0 Å². The fraction of sp³-hybridized carbons (Fsp3) is 0.423. The summed E-state index contributed by atoms with van der Waals surface area (Å²) >= 11 is 0. The van der Waals surface area contributed by atoms with Crippen molar-refractivity contribution in [3.8, 4) is 11.1 Å². The number of nitrogens with one attached hydrogen (secondary N) is 1. The number of hydrogen-bond acceptors (Lipinski definition) is 4. The fourth-order valence-corrected chi connectivity index (χ4v) is 4.76. The molecule has 0 radical (unpaired) electrons. The number of rotatable bonds is 8. The van der Waals surface area contributed by atoms with Gasteiger partial charge < -0.3 is 20.1 Å². The van der Waals surface area contributed by atoms with Crippen LogP contribution in [0.4, 0.5) is 4.79 Å². The smallest absolute Gasteiger partial charge is 0.407 e. The van der Waals surface area contributed by atoms with Crippen molar-refractivity contribution < 1.29 is 24.2 Å². The molecule has 0 aromatic heterocycles. The predicted octanol–water partition coefficient (Wildman–Crippen LogP) is 3.87. The second kappa shape index (κ2) is 9.65. The monoisotopic (exact) mass is 450 g/mol. The second-order valence-electron chi connectivity index (χ2n) is 8.94. The predicted molar refractivity (Wildman–Crippen MR) is 124 cm³/mol. The van der Waals surface area contributed by atoms with Crippen molar-refractivity contribution in [1.29, 1.82) is 0 Å². The Morgan fingerprint density at radius 2 is 1.64 bits per heavy atom. The number of carbonyl (C=O) groups excluding carboxylic acids is 2. The molecule has 2 unspecified atom stereocenters. The van der Waals surface area contributed by atoms with E-state index in [2.05, 4.69) is 29.6 Å². The Hall–Kier alpha value is -3.35. The van der Waals surface area contributed by atoms with Gasteiger partial charge in [0.1, 0.15) is 12.6 Å². The maximum Gasteiger partial charge on any atom is 0.407 e. The molecule has 1 saturated heterocycles. The maximum absolute atomic E-state index is 12.9. The number of carbonyl (C=O) groups is 3. The van der Waals surface area contributed by atoms with E-state index in [1.807, 2.05) is 31.2 Å². The number of amides is 2. The average Bonchev–Trinajstić information content (AvgIpc) is 3.10. The van der Waals surface area contributed by atoms with Crippen molar-refractivity contribution in [1.82, 2.24) is 10.2 Å². The first kappa shape index (κ1) is 22.8. The summed E-state index contributed by atoms with van der Waals surface area (Å²) in [5.74, 6) is -1.62. The maximum atomic E-state index is 12.9. The van der Waals surface area contributed by atoms with Gasteiger partial charge >= 0.3 is 12.1 Å². The lowest BCUT2D eigenvalue weighted by Gasteiger charge is -2.42. The van der Waals surface area contributed by atoms with Crippen molar-refractivity contribution in [3.63, 3.8) is 0 Å². The Morgan fingerprint density at radius 3 is 2.18 bits per heavy atom. The molecule has 7 nitrogen and oxygen atoms in total. The summed E-state index contributed by atoms with van der Waals surface area (Å²) in [7, 11) is 0. The number of fused-ring (bicyclic) bond motifs is 3. The van der Waals surface area contributed by atoms with Crippen LogP contribution in [0.15, 0.2) is 48.5 Å². The van der Waals surface area contributed by atoms with Gasteiger partial charge in [-0.2, -0.15) is 0 Å². The number of alkyl carbamates (subject to hydrolysis) is 1. The molecule has 2 aromatic rings. The summed E-state index contributed by atoms with van der Waals surface area (Å²) in [5, 5.41) is 11.9. The zero-order chi connectivity index (χ0) is 23.5. The van der Waals surface area contributed by atoms with Gasteiger partial charge in [0.15, 0.2) is 0 Å². The largest absolute Gasteiger partial charge is 0.481 e. The number of aliphatic carboxylic acids is 1. The van der Waals surface area contributed by atoms with E-state index in [9.17, 15) is 14.4 Å². The molecular formula is C26H30N2O5. The molecule has 2 aromatic carbocycles. The van der Waals surface area contributed by atoms with Crippen molar-refractivity contribution in [2.75, 3.05) is 19.7 Å². The van der Waals surface area contributed by atoms with E-state index in [-0.39, 0.29) is 24.3 Å². The lowest BCUT2D eigenvalue weighted by atomic mass is 9.86. The van der Waals surface area contributed by atoms with E-state index in [0.717, 1.165) is 28.7 Å². The van der Waals surface area contributed by atoms with Crippen LogP contribution in [0.3, 0.4) is 0 Å². The number of likely N-dealkylation sites (tertiary alicyclic amines) is 1. The molecule has 7 heteroatoms. The molecule has 0 saturated carbocycles. The number of hydrogen-bond donors (Lipinski definition) is 2. The van der Waals surface area contributed by atoms with Crippen LogP contribution in [0.2, 0.25) is 0 Å². The molecule has 1 aliphatic carbocycles. The molecular weight excluding hydrogens is 420 g/mol. The summed E-state index contributed by atoms with van der Waals surface area (Å²) in [6.07, 6.45) is 0.612. The third-order valence-electron chi connectivity index (χ3n) is 6.83. The Kier molecular flexibility index (Phi) is 6.67. The third kappa shape index (κ3) is 4.58. The first-order chi connectivity index (χ1) is 15.9. The highest BCUT2D eigenvalue weighted by atomic mass is 16.5. The van der Waals surface area contributed by atoms with Crippen LogP contribution in [0.5, 0.6) is 0 Å². The molecule has 1 aliphatic heterocycles. The molecule has 2 N–H and O–H groups in total. The van der Waals surface area contributed by atoms with E-state index < -0.39 is 24.0 Å². The minimum Gasteiger partial charge on any atom is -0.481 e. The topological polar surface area (TPSA) is 95.9 Å². The first-order valence-electron chi connectivity index (χ1n) is 11.5. The minimum atomic E-state index is -0.853. The van der Waals surface area contributed by atoms with Gasteiger partial charge in [0.05, 0.1) is 5.92 Å². The molecule has 4 rings (SSSR count). The van der Waals surface area contributed by atoms with Crippen molar-refractivity contribution in [3.05, 3.63) is 59.7 Å². The number of ether oxygens (including phenoxy) is 1. The summed E-state index contributed by atoms with van der Waals surface area (Å²) in [5.41, 5.74) is 4.58. The van der Waals surface area contributed by atoms with Gasteiger partial charge in [-0.15, -0.1) is 0 Å². The van der Waals surface area contributed by atoms with Crippen LogP contribution in [-0.4, -0.2) is 53.7 Å². The van der Waals surface area contributed by atoms with Crippen LogP contribution in [0.25, 0.3) is 11.1 Å². The Labute approximate surface area is 193 Å². The number of carboxylic acids is 1. The summed E-state index contributed by atoms with van der Waals surface area (Å²) in [4.78, 5) is 38.3.